The first-order valence-electron chi connectivity index (χ1n) is 9.79. The van der Waals surface area contributed by atoms with Gasteiger partial charge in [0.25, 0.3) is 0 Å². The zero-order valence-electron chi connectivity index (χ0n) is 17.4. The largest absolute Gasteiger partial charge is 0.360 e. The van der Waals surface area contributed by atoms with Crippen LogP contribution in [0.4, 0.5) is 5.13 Å². The van der Waals surface area contributed by atoms with Crippen LogP contribution >= 0.6 is 11.3 Å². The Kier molecular flexibility index (Phi) is 5.41. The summed E-state index contributed by atoms with van der Waals surface area (Å²) in [6, 6.07) is 4.06. The van der Waals surface area contributed by atoms with Crippen LogP contribution in [0.2, 0.25) is 0 Å². The fourth-order valence-electron chi connectivity index (χ4n) is 3.87. The number of aryl methyl sites for hydroxylation is 4. The van der Waals surface area contributed by atoms with E-state index in [-0.39, 0.29) is 23.1 Å². The highest BCUT2D eigenvalue weighted by Crippen LogP contribution is 2.32. The van der Waals surface area contributed by atoms with E-state index in [2.05, 4.69) is 15.5 Å². The molecular formula is C20H24N4O4S2. The molecular weight excluding hydrogens is 424 g/mol. The number of nitrogens with zero attached hydrogens (tertiary/aromatic N) is 3. The SMILES string of the molecule is Cc1noc(C)c1S(=O)(=O)N1CCCC(C(=O)Nc2nc3c(C)ccc(C)c3s2)C1. The number of anilines is 1. The molecule has 4 rings (SSSR count). The Morgan fingerprint density at radius 1 is 1.23 bits per heavy atom. The highest BCUT2D eigenvalue weighted by Gasteiger charge is 2.36. The number of rotatable bonds is 4. The summed E-state index contributed by atoms with van der Waals surface area (Å²) in [5.41, 5.74) is 3.39. The first kappa shape index (κ1) is 21.0. The Balaban J connectivity index is 1.53. The van der Waals surface area contributed by atoms with E-state index in [0.29, 0.717) is 30.2 Å². The molecule has 30 heavy (non-hydrogen) atoms. The van der Waals surface area contributed by atoms with Gasteiger partial charge >= 0.3 is 0 Å². The van der Waals surface area contributed by atoms with Crippen molar-refractivity contribution in [2.24, 2.45) is 5.92 Å². The first-order valence-corrected chi connectivity index (χ1v) is 12.0. The molecule has 1 aliphatic rings. The molecule has 1 fully saturated rings. The minimum Gasteiger partial charge on any atom is -0.360 e. The van der Waals surface area contributed by atoms with Gasteiger partial charge in [0.2, 0.25) is 15.9 Å². The van der Waals surface area contributed by atoms with Crippen LogP contribution in [0.5, 0.6) is 0 Å². The Morgan fingerprint density at radius 2 is 1.97 bits per heavy atom. The topological polar surface area (TPSA) is 105 Å². The highest BCUT2D eigenvalue weighted by molar-refractivity contribution is 7.89. The van der Waals surface area contributed by atoms with Gasteiger partial charge in [-0.2, -0.15) is 4.31 Å². The number of fused-ring (bicyclic) bond motifs is 1. The van der Waals surface area contributed by atoms with E-state index in [9.17, 15) is 13.2 Å². The van der Waals surface area contributed by atoms with Gasteiger partial charge in [0.1, 0.15) is 10.6 Å². The molecule has 0 aliphatic carbocycles. The quantitative estimate of drug-likeness (QED) is 0.654. The molecule has 1 amide bonds. The second-order valence-electron chi connectivity index (χ2n) is 7.74. The molecule has 10 heteroatoms. The number of thiazole rings is 1. The summed E-state index contributed by atoms with van der Waals surface area (Å²) >= 11 is 1.44. The van der Waals surface area contributed by atoms with E-state index < -0.39 is 15.9 Å². The van der Waals surface area contributed by atoms with Gasteiger partial charge in [-0.3, -0.25) is 4.79 Å². The van der Waals surface area contributed by atoms with Crippen molar-refractivity contribution in [3.05, 3.63) is 34.7 Å². The molecule has 0 spiro atoms. The number of nitrogens with one attached hydrogen (secondary N) is 1. The van der Waals surface area contributed by atoms with Crippen LogP contribution in [0.1, 0.15) is 35.4 Å². The van der Waals surface area contributed by atoms with Gasteiger partial charge < -0.3 is 9.84 Å². The first-order chi connectivity index (χ1) is 14.2. The zero-order valence-corrected chi connectivity index (χ0v) is 19.0. The standard InChI is InChI=1S/C20H24N4O4S2/c1-11-7-8-12(2)17-16(11)21-20(29-17)22-19(25)15-6-5-9-24(10-15)30(26,27)18-13(3)23-28-14(18)4/h7-8,15H,5-6,9-10H2,1-4H3,(H,21,22,25). The van der Waals surface area contributed by atoms with Gasteiger partial charge in [0.05, 0.1) is 16.1 Å². The van der Waals surface area contributed by atoms with Crippen molar-refractivity contribution < 1.29 is 17.7 Å². The summed E-state index contributed by atoms with van der Waals surface area (Å²) in [5.74, 6) is -0.384. The van der Waals surface area contributed by atoms with Gasteiger partial charge in [-0.15, -0.1) is 0 Å². The second-order valence-corrected chi connectivity index (χ2v) is 10.6. The summed E-state index contributed by atoms with van der Waals surface area (Å²) in [6.45, 7) is 7.69. The van der Waals surface area contributed by atoms with E-state index in [1.807, 2.05) is 26.0 Å². The minimum absolute atomic E-state index is 0.0979. The summed E-state index contributed by atoms with van der Waals surface area (Å²) in [7, 11) is -3.77. The summed E-state index contributed by atoms with van der Waals surface area (Å²) < 4.78 is 33.6. The molecule has 1 atom stereocenters. The van der Waals surface area contributed by atoms with Crippen LogP contribution in [0, 0.1) is 33.6 Å². The molecule has 0 radical (unpaired) electrons. The van der Waals surface area contributed by atoms with E-state index in [1.54, 1.807) is 13.8 Å². The molecule has 1 aliphatic heterocycles. The number of benzene rings is 1. The lowest BCUT2D eigenvalue weighted by Gasteiger charge is -2.30. The number of carbonyl (C=O) groups excluding carboxylic acids is 1. The fraction of sp³-hybridized carbons (Fsp3) is 0.450. The number of hydrogen-bond acceptors (Lipinski definition) is 7. The van der Waals surface area contributed by atoms with Crippen molar-refractivity contribution in [3.8, 4) is 0 Å². The second kappa shape index (κ2) is 7.75. The van der Waals surface area contributed by atoms with Crippen LogP contribution in [0.25, 0.3) is 10.2 Å². The number of hydrogen-bond donors (Lipinski definition) is 1. The van der Waals surface area contributed by atoms with Crippen molar-refractivity contribution in [3.63, 3.8) is 0 Å². The van der Waals surface area contributed by atoms with Gasteiger partial charge in [0, 0.05) is 13.1 Å². The summed E-state index contributed by atoms with van der Waals surface area (Å²) in [4.78, 5) is 17.6. The summed E-state index contributed by atoms with van der Waals surface area (Å²) in [6.07, 6.45) is 1.24. The predicted octanol–water partition coefficient (Wildman–Crippen LogP) is 3.56. The normalized spacial score (nSPS) is 18.1. The van der Waals surface area contributed by atoms with Crippen LogP contribution in [0.3, 0.4) is 0 Å². The third kappa shape index (κ3) is 3.63. The number of carbonyl (C=O) groups is 1. The van der Waals surface area contributed by atoms with Crippen molar-refractivity contribution >= 4 is 42.6 Å². The molecule has 1 N–H and O–H groups in total. The van der Waals surface area contributed by atoms with Gasteiger partial charge in [-0.25, -0.2) is 13.4 Å². The Labute approximate surface area is 179 Å². The number of piperidine rings is 1. The van der Waals surface area contributed by atoms with Gasteiger partial charge in [0.15, 0.2) is 10.9 Å². The lowest BCUT2D eigenvalue weighted by molar-refractivity contribution is -0.120. The van der Waals surface area contributed by atoms with Crippen molar-refractivity contribution in [1.82, 2.24) is 14.4 Å². The molecule has 8 nitrogen and oxygen atoms in total. The average Bonchev–Trinajstić information content (AvgIpc) is 3.29. The van der Waals surface area contributed by atoms with Crippen LogP contribution in [-0.2, 0) is 14.8 Å². The maximum absolute atomic E-state index is 13.1. The molecule has 1 saturated heterocycles. The molecule has 1 aromatic carbocycles. The lowest BCUT2D eigenvalue weighted by atomic mass is 9.99. The van der Waals surface area contributed by atoms with Crippen molar-refractivity contribution in [1.29, 1.82) is 0 Å². The van der Waals surface area contributed by atoms with Gasteiger partial charge in [-0.1, -0.05) is 28.6 Å². The molecule has 2 aromatic heterocycles. The minimum atomic E-state index is -3.77. The number of amides is 1. The molecule has 1 unspecified atom stereocenters. The lowest BCUT2D eigenvalue weighted by Crippen LogP contribution is -2.43. The predicted molar refractivity (Wildman–Crippen MR) is 115 cm³/mol. The fourth-order valence-corrected chi connectivity index (χ4v) is 6.70. The van der Waals surface area contributed by atoms with Crippen LogP contribution in [0.15, 0.2) is 21.6 Å². The van der Waals surface area contributed by atoms with E-state index in [1.165, 1.54) is 15.6 Å². The number of sulfonamides is 1. The highest BCUT2D eigenvalue weighted by atomic mass is 32.2. The molecule has 0 bridgehead atoms. The van der Waals surface area contributed by atoms with E-state index in [4.69, 9.17) is 4.52 Å². The Morgan fingerprint density at radius 3 is 2.63 bits per heavy atom. The van der Waals surface area contributed by atoms with Crippen molar-refractivity contribution in [2.75, 3.05) is 18.4 Å². The van der Waals surface area contributed by atoms with E-state index >= 15 is 0 Å². The Bertz CT molecular complexity index is 1170. The molecule has 3 aromatic rings. The Hall–Kier alpha value is -2.30. The zero-order chi connectivity index (χ0) is 21.6. The third-order valence-electron chi connectivity index (χ3n) is 5.49. The van der Waals surface area contributed by atoms with E-state index in [0.717, 1.165) is 21.3 Å². The van der Waals surface area contributed by atoms with Crippen molar-refractivity contribution in [2.45, 2.75) is 45.4 Å². The monoisotopic (exact) mass is 448 g/mol. The molecule has 0 saturated carbocycles. The van der Waals surface area contributed by atoms with Crippen LogP contribution in [-0.4, -0.2) is 41.9 Å². The maximum Gasteiger partial charge on any atom is 0.248 e. The smallest absolute Gasteiger partial charge is 0.248 e. The maximum atomic E-state index is 13.1. The molecule has 3 heterocycles. The van der Waals surface area contributed by atoms with Gasteiger partial charge in [-0.05, 0) is 51.7 Å². The molecule has 160 valence electrons. The average molecular weight is 449 g/mol. The summed E-state index contributed by atoms with van der Waals surface area (Å²) in [5, 5.41) is 7.20. The number of aromatic nitrogens is 2. The third-order valence-corrected chi connectivity index (χ3v) is 8.71. The van der Waals surface area contributed by atoms with Crippen LogP contribution < -0.4 is 5.32 Å².